The zero-order chi connectivity index (χ0) is 9.90. The molecule has 78 valence electrons. The summed E-state index contributed by atoms with van der Waals surface area (Å²) < 4.78 is 0. The highest BCUT2D eigenvalue weighted by atomic mass is 15.2. The van der Waals surface area contributed by atoms with Gasteiger partial charge in [-0.3, -0.25) is 4.90 Å². The van der Waals surface area contributed by atoms with Crippen LogP contribution in [0.2, 0.25) is 0 Å². The fourth-order valence-electron chi connectivity index (χ4n) is 2.58. The summed E-state index contributed by atoms with van der Waals surface area (Å²) >= 11 is 0. The maximum atomic E-state index is 6.43. The minimum atomic E-state index is 0.0620. The van der Waals surface area contributed by atoms with Gasteiger partial charge in [0.1, 0.15) is 0 Å². The number of rotatable bonds is 4. The molecule has 1 aliphatic rings. The third-order valence-corrected chi connectivity index (χ3v) is 3.75. The van der Waals surface area contributed by atoms with Crippen LogP contribution < -0.4 is 5.73 Å². The first-order valence-corrected chi connectivity index (χ1v) is 5.70. The predicted octanol–water partition coefficient (Wildman–Crippen LogP) is 1.99. The van der Waals surface area contributed by atoms with Gasteiger partial charge in [-0.05, 0) is 38.8 Å². The van der Waals surface area contributed by atoms with Crippen LogP contribution in [0.1, 0.15) is 46.5 Å². The van der Waals surface area contributed by atoms with Gasteiger partial charge in [0.25, 0.3) is 0 Å². The topological polar surface area (TPSA) is 29.3 Å². The molecular weight excluding hydrogens is 160 g/mol. The van der Waals surface area contributed by atoms with E-state index < -0.39 is 0 Å². The second-order valence-electron chi connectivity index (χ2n) is 4.23. The third kappa shape index (κ3) is 2.05. The number of nitrogens with zero attached hydrogens (tertiary/aromatic N) is 1. The van der Waals surface area contributed by atoms with Crippen LogP contribution >= 0.6 is 0 Å². The minimum absolute atomic E-state index is 0.0620. The first kappa shape index (κ1) is 11.0. The molecule has 13 heavy (non-hydrogen) atoms. The Hall–Kier alpha value is -0.0800. The quantitative estimate of drug-likeness (QED) is 0.724. The van der Waals surface area contributed by atoms with Crippen LogP contribution in [0.3, 0.4) is 0 Å². The van der Waals surface area contributed by atoms with Crippen molar-refractivity contribution < 1.29 is 0 Å². The molecule has 0 saturated carbocycles. The number of hydrogen-bond donors (Lipinski definition) is 1. The van der Waals surface area contributed by atoms with Crippen LogP contribution in [-0.4, -0.2) is 29.6 Å². The zero-order valence-corrected chi connectivity index (χ0v) is 9.34. The first-order valence-electron chi connectivity index (χ1n) is 5.70. The van der Waals surface area contributed by atoms with Gasteiger partial charge in [0.2, 0.25) is 0 Å². The summed E-state index contributed by atoms with van der Waals surface area (Å²) in [6.07, 6.45) is 4.83. The maximum absolute atomic E-state index is 6.43. The minimum Gasteiger partial charge on any atom is -0.324 e. The zero-order valence-electron chi connectivity index (χ0n) is 9.34. The van der Waals surface area contributed by atoms with Gasteiger partial charge < -0.3 is 5.73 Å². The summed E-state index contributed by atoms with van der Waals surface area (Å²) in [7, 11) is 0. The lowest BCUT2D eigenvalue weighted by Crippen LogP contribution is -2.55. The van der Waals surface area contributed by atoms with Gasteiger partial charge in [-0.15, -0.1) is 0 Å². The Kier molecular flexibility index (Phi) is 3.74. The Balaban J connectivity index is 2.67. The van der Waals surface area contributed by atoms with E-state index in [1.54, 1.807) is 0 Å². The molecule has 0 aromatic rings. The lowest BCUT2D eigenvalue weighted by atomic mass is 9.84. The van der Waals surface area contributed by atoms with E-state index in [9.17, 15) is 0 Å². The van der Waals surface area contributed by atoms with Gasteiger partial charge in [-0.1, -0.05) is 20.8 Å². The van der Waals surface area contributed by atoms with Gasteiger partial charge in [0.05, 0.1) is 0 Å². The summed E-state index contributed by atoms with van der Waals surface area (Å²) in [6, 6.07) is 0.632. The van der Waals surface area contributed by atoms with Crippen molar-refractivity contribution in [3.8, 4) is 0 Å². The second-order valence-corrected chi connectivity index (χ2v) is 4.23. The Labute approximate surface area is 82.5 Å². The van der Waals surface area contributed by atoms with Gasteiger partial charge in [-0.25, -0.2) is 0 Å². The van der Waals surface area contributed by atoms with Crippen molar-refractivity contribution in [2.75, 3.05) is 13.1 Å². The second kappa shape index (κ2) is 4.43. The van der Waals surface area contributed by atoms with Crippen molar-refractivity contribution in [1.82, 2.24) is 4.90 Å². The van der Waals surface area contributed by atoms with E-state index in [-0.39, 0.29) is 5.54 Å². The van der Waals surface area contributed by atoms with E-state index in [0.29, 0.717) is 6.04 Å². The Morgan fingerprint density at radius 2 is 1.92 bits per heavy atom. The molecule has 1 atom stereocenters. The molecular formula is C11H24N2. The van der Waals surface area contributed by atoms with E-state index in [1.165, 1.54) is 19.4 Å². The maximum Gasteiger partial charge on any atom is 0.0306 e. The van der Waals surface area contributed by atoms with E-state index >= 15 is 0 Å². The van der Waals surface area contributed by atoms with Crippen LogP contribution in [0.4, 0.5) is 0 Å². The fourth-order valence-corrected chi connectivity index (χ4v) is 2.58. The molecule has 0 aromatic heterocycles. The highest BCUT2D eigenvalue weighted by molar-refractivity contribution is 4.98. The van der Waals surface area contributed by atoms with Crippen LogP contribution in [-0.2, 0) is 0 Å². The molecule has 2 heteroatoms. The molecule has 0 radical (unpaired) electrons. The first-order chi connectivity index (χ1) is 6.18. The summed E-state index contributed by atoms with van der Waals surface area (Å²) in [6.45, 7) is 9.08. The lowest BCUT2D eigenvalue weighted by molar-refractivity contribution is 0.159. The SMILES string of the molecule is CCN1CCCC1C(N)(CC)CC. The number of hydrogen-bond acceptors (Lipinski definition) is 2. The van der Waals surface area contributed by atoms with Crippen molar-refractivity contribution in [2.24, 2.45) is 5.73 Å². The van der Waals surface area contributed by atoms with Crippen molar-refractivity contribution in [2.45, 2.75) is 58.0 Å². The molecule has 1 rings (SSSR count). The highest BCUT2D eigenvalue weighted by Crippen LogP contribution is 2.29. The number of likely N-dealkylation sites (N-methyl/N-ethyl adjacent to an activating group) is 1. The van der Waals surface area contributed by atoms with Gasteiger partial charge in [-0.2, -0.15) is 0 Å². The Morgan fingerprint density at radius 1 is 1.31 bits per heavy atom. The summed E-state index contributed by atoms with van der Waals surface area (Å²) in [5.41, 5.74) is 6.49. The van der Waals surface area contributed by atoms with Crippen LogP contribution in [0.5, 0.6) is 0 Å². The van der Waals surface area contributed by atoms with Crippen LogP contribution in [0, 0.1) is 0 Å². The summed E-state index contributed by atoms with van der Waals surface area (Å²) in [4.78, 5) is 2.55. The molecule has 1 unspecified atom stereocenters. The van der Waals surface area contributed by atoms with Crippen molar-refractivity contribution in [3.63, 3.8) is 0 Å². The molecule has 0 aliphatic carbocycles. The Morgan fingerprint density at radius 3 is 2.38 bits per heavy atom. The van der Waals surface area contributed by atoms with Crippen LogP contribution in [0.15, 0.2) is 0 Å². The molecule has 0 spiro atoms. The van der Waals surface area contributed by atoms with E-state index in [2.05, 4.69) is 25.7 Å². The number of nitrogens with two attached hydrogens (primary N) is 1. The predicted molar refractivity (Wildman–Crippen MR) is 57.8 cm³/mol. The molecule has 1 aliphatic heterocycles. The molecule has 0 aromatic carbocycles. The van der Waals surface area contributed by atoms with Gasteiger partial charge >= 0.3 is 0 Å². The normalized spacial score (nSPS) is 25.4. The Bertz CT molecular complexity index is 152. The molecule has 1 fully saturated rings. The largest absolute Gasteiger partial charge is 0.324 e. The van der Waals surface area contributed by atoms with Crippen molar-refractivity contribution in [1.29, 1.82) is 0 Å². The molecule has 0 amide bonds. The van der Waals surface area contributed by atoms with Crippen LogP contribution in [0.25, 0.3) is 0 Å². The van der Waals surface area contributed by atoms with Gasteiger partial charge in [0.15, 0.2) is 0 Å². The summed E-state index contributed by atoms with van der Waals surface area (Å²) in [5, 5.41) is 0. The van der Waals surface area contributed by atoms with Gasteiger partial charge in [0, 0.05) is 11.6 Å². The third-order valence-electron chi connectivity index (χ3n) is 3.75. The average molecular weight is 184 g/mol. The molecule has 1 heterocycles. The van der Waals surface area contributed by atoms with E-state index in [0.717, 1.165) is 19.4 Å². The van der Waals surface area contributed by atoms with E-state index in [4.69, 9.17) is 5.73 Å². The van der Waals surface area contributed by atoms with Crippen molar-refractivity contribution in [3.05, 3.63) is 0 Å². The monoisotopic (exact) mass is 184 g/mol. The van der Waals surface area contributed by atoms with E-state index in [1.807, 2.05) is 0 Å². The van der Waals surface area contributed by atoms with Crippen molar-refractivity contribution >= 4 is 0 Å². The smallest absolute Gasteiger partial charge is 0.0306 e. The highest BCUT2D eigenvalue weighted by Gasteiger charge is 2.37. The molecule has 1 saturated heterocycles. The number of likely N-dealkylation sites (tertiary alicyclic amines) is 1. The lowest BCUT2D eigenvalue weighted by Gasteiger charge is -2.39. The average Bonchev–Trinajstić information content (AvgIpc) is 2.65. The fraction of sp³-hybridized carbons (Fsp3) is 1.00. The molecule has 2 N–H and O–H groups in total. The summed E-state index contributed by atoms with van der Waals surface area (Å²) in [5.74, 6) is 0. The molecule has 2 nitrogen and oxygen atoms in total. The molecule has 0 bridgehead atoms. The standard InChI is InChI=1S/C11H24N2/c1-4-11(12,5-2)10-8-7-9-13(10)6-3/h10H,4-9,12H2,1-3H3.